The van der Waals surface area contributed by atoms with Gasteiger partial charge in [-0.2, -0.15) is 0 Å². The van der Waals surface area contributed by atoms with E-state index in [1.165, 1.54) is 0 Å². The number of hydrogen-bond donors (Lipinski definition) is 3. The molecule has 0 spiro atoms. The Morgan fingerprint density at radius 3 is 2.64 bits per heavy atom. The number of hydrogen-bond acceptors (Lipinski definition) is 3. The van der Waals surface area contributed by atoms with Gasteiger partial charge >= 0.3 is 0 Å². The third kappa shape index (κ3) is 5.94. The molecule has 0 aliphatic carbocycles. The number of nitrogens with two attached hydrogens (primary N) is 1. The van der Waals surface area contributed by atoms with Crippen LogP contribution in [0.4, 0.5) is 0 Å². The molecular weight excluding hydrogens is 180 g/mol. The zero-order chi connectivity index (χ0) is 11.0. The smallest absolute Gasteiger partial charge is 0.236 e. The summed E-state index contributed by atoms with van der Waals surface area (Å²) in [6.07, 6.45) is 2.35. The van der Waals surface area contributed by atoms with Crippen LogP contribution in [0, 0.1) is 5.92 Å². The van der Waals surface area contributed by atoms with E-state index in [9.17, 15) is 4.79 Å². The first kappa shape index (κ1) is 13.4. The van der Waals surface area contributed by atoms with E-state index in [1.54, 1.807) is 0 Å². The van der Waals surface area contributed by atoms with E-state index in [0.29, 0.717) is 18.9 Å². The minimum absolute atomic E-state index is 0.0864. The number of rotatable bonds is 7. The Labute approximate surface area is 85.9 Å². The second kappa shape index (κ2) is 7.76. The Bertz CT molecular complexity index is 162. The highest BCUT2D eigenvalue weighted by molar-refractivity contribution is 5.81. The summed E-state index contributed by atoms with van der Waals surface area (Å²) in [5.41, 5.74) is 5.63. The summed E-state index contributed by atoms with van der Waals surface area (Å²) in [4.78, 5) is 11.3. The van der Waals surface area contributed by atoms with Gasteiger partial charge in [-0.25, -0.2) is 0 Å². The van der Waals surface area contributed by atoms with Gasteiger partial charge in [0.15, 0.2) is 0 Å². The van der Waals surface area contributed by atoms with Gasteiger partial charge in [0.1, 0.15) is 0 Å². The van der Waals surface area contributed by atoms with Crippen LogP contribution in [0.3, 0.4) is 0 Å². The minimum Gasteiger partial charge on any atom is -0.396 e. The molecule has 0 aliphatic heterocycles. The third-order valence-electron chi connectivity index (χ3n) is 2.18. The van der Waals surface area contributed by atoms with Crippen LogP contribution < -0.4 is 11.1 Å². The van der Waals surface area contributed by atoms with Gasteiger partial charge < -0.3 is 16.2 Å². The van der Waals surface area contributed by atoms with Crippen LogP contribution >= 0.6 is 0 Å². The number of carbonyl (C=O) groups excluding carboxylic acids is 1. The SMILES string of the molecule is CCC[C@H](N)C(=O)NCC(C)CCO. The van der Waals surface area contributed by atoms with Gasteiger partial charge in [-0.3, -0.25) is 4.79 Å². The monoisotopic (exact) mass is 202 g/mol. The predicted molar refractivity (Wildman–Crippen MR) is 56.8 cm³/mol. The standard InChI is InChI=1S/C10H22N2O2/c1-3-4-9(11)10(14)12-7-8(2)5-6-13/h8-9,13H,3-7,11H2,1-2H3,(H,12,14)/t8?,9-/m0/s1. The summed E-state index contributed by atoms with van der Waals surface area (Å²) in [6, 6.07) is -0.388. The summed E-state index contributed by atoms with van der Waals surface area (Å²) in [6.45, 7) is 4.75. The van der Waals surface area contributed by atoms with Crippen molar-refractivity contribution in [2.45, 2.75) is 39.2 Å². The van der Waals surface area contributed by atoms with Gasteiger partial charge in [0, 0.05) is 13.2 Å². The summed E-state index contributed by atoms with van der Waals surface area (Å²) < 4.78 is 0. The molecule has 0 bridgehead atoms. The average molecular weight is 202 g/mol. The minimum atomic E-state index is -0.388. The molecule has 2 atom stereocenters. The van der Waals surface area contributed by atoms with Crippen molar-refractivity contribution in [3.8, 4) is 0 Å². The van der Waals surface area contributed by atoms with Crippen LogP contribution in [0.2, 0.25) is 0 Å². The van der Waals surface area contributed by atoms with E-state index in [4.69, 9.17) is 10.8 Å². The molecule has 0 aliphatic rings. The van der Waals surface area contributed by atoms with E-state index in [-0.39, 0.29) is 18.6 Å². The molecule has 1 unspecified atom stereocenters. The van der Waals surface area contributed by atoms with Crippen LogP contribution in [-0.4, -0.2) is 30.2 Å². The molecule has 4 nitrogen and oxygen atoms in total. The van der Waals surface area contributed by atoms with E-state index in [2.05, 4.69) is 5.32 Å². The molecule has 0 aromatic heterocycles. The number of carbonyl (C=O) groups is 1. The summed E-state index contributed by atoms with van der Waals surface area (Å²) in [5.74, 6) is 0.217. The lowest BCUT2D eigenvalue weighted by Gasteiger charge is -2.14. The van der Waals surface area contributed by atoms with Crippen LogP contribution in [0.5, 0.6) is 0 Å². The fourth-order valence-electron chi connectivity index (χ4n) is 1.17. The molecule has 0 saturated carbocycles. The average Bonchev–Trinajstić information content (AvgIpc) is 2.15. The largest absolute Gasteiger partial charge is 0.396 e. The highest BCUT2D eigenvalue weighted by Crippen LogP contribution is 1.99. The number of aliphatic hydroxyl groups is 1. The topological polar surface area (TPSA) is 75.4 Å². The van der Waals surface area contributed by atoms with Crippen molar-refractivity contribution in [2.75, 3.05) is 13.2 Å². The van der Waals surface area contributed by atoms with Crippen molar-refractivity contribution in [3.63, 3.8) is 0 Å². The molecule has 1 amide bonds. The van der Waals surface area contributed by atoms with E-state index < -0.39 is 0 Å². The Morgan fingerprint density at radius 2 is 2.14 bits per heavy atom. The van der Waals surface area contributed by atoms with Crippen molar-refractivity contribution < 1.29 is 9.90 Å². The second-order valence-electron chi connectivity index (χ2n) is 3.76. The first-order chi connectivity index (χ1) is 6.61. The Hall–Kier alpha value is -0.610. The fraction of sp³-hybridized carbons (Fsp3) is 0.900. The van der Waals surface area contributed by atoms with Crippen molar-refractivity contribution in [1.82, 2.24) is 5.32 Å². The third-order valence-corrected chi connectivity index (χ3v) is 2.18. The number of amides is 1. The van der Waals surface area contributed by atoms with Crippen molar-refractivity contribution in [1.29, 1.82) is 0 Å². The normalized spacial score (nSPS) is 14.9. The van der Waals surface area contributed by atoms with Crippen molar-refractivity contribution in [2.24, 2.45) is 11.7 Å². The second-order valence-corrected chi connectivity index (χ2v) is 3.76. The lowest BCUT2D eigenvalue weighted by molar-refractivity contribution is -0.122. The molecule has 0 radical (unpaired) electrons. The molecule has 4 N–H and O–H groups in total. The molecule has 4 heteroatoms. The Morgan fingerprint density at radius 1 is 1.50 bits per heavy atom. The number of nitrogens with one attached hydrogen (secondary N) is 1. The first-order valence-electron chi connectivity index (χ1n) is 5.26. The molecule has 0 aromatic rings. The van der Waals surface area contributed by atoms with Gasteiger partial charge in [0.05, 0.1) is 6.04 Å². The molecule has 0 fully saturated rings. The van der Waals surface area contributed by atoms with Gasteiger partial charge in [0.25, 0.3) is 0 Å². The first-order valence-corrected chi connectivity index (χ1v) is 5.26. The molecule has 0 aromatic carbocycles. The maximum atomic E-state index is 11.3. The van der Waals surface area contributed by atoms with Crippen LogP contribution in [-0.2, 0) is 4.79 Å². The lowest BCUT2D eigenvalue weighted by atomic mass is 10.1. The molecule has 84 valence electrons. The Kier molecular flexibility index (Phi) is 7.42. The van der Waals surface area contributed by atoms with E-state index in [1.807, 2.05) is 13.8 Å². The lowest BCUT2D eigenvalue weighted by Crippen LogP contribution is -2.42. The maximum Gasteiger partial charge on any atom is 0.236 e. The van der Waals surface area contributed by atoms with E-state index in [0.717, 1.165) is 12.8 Å². The summed E-state index contributed by atoms with van der Waals surface area (Å²) in [7, 11) is 0. The van der Waals surface area contributed by atoms with E-state index >= 15 is 0 Å². The van der Waals surface area contributed by atoms with Gasteiger partial charge in [-0.1, -0.05) is 20.3 Å². The van der Waals surface area contributed by atoms with Gasteiger partial charge in [0.2, 0.25) is 5.91 Å². The maximum absolute atomic E-state index is 11.3. The van der Waals surface area contributed by atoms with Gasteiger partial charge in [-0.05, 0) is 18.8 Å². The zero-order valence-corrected chi connectivity index (χ0v) is 9.12. The van der Waals surface area contributed by atoms with Crippen LogP contribution in [0.15, 0.2) is 0 Å². The summed E-state index contributed by atoms with van der Waals surface area (Å²) >= 11 is 0. The van der Waals surface area contributed by atoms with Crippen molar-refractivity contribution >= 4 is 5.91 Å². The molecule has 0 saturated heterocycles. The quantitative estimate of drug-likeness (QED) is 0.554. The highest BCUT2D eigenvalue weighted by atomic mass is 16.3. The van der Waals surface area contributed by atoms with Crippen molar-refractivity contribution in [3.05, 3.63) is 0 Å². The molecule has 0 rings (SSSR count). The summed E-state index contributed by atoms with van der Waals surface area (Å²) in [5, 5.41) is 11.4. The van der Waals surface area contributed by atoms with Gasteiger partial charge in [-0.15, -0.1) is 0 Å². The predicted octanol–water partition coefficient (Wildman–Crippen LogP) is 0.249. The van der Waals surface area contributed by atoms with Crippen LogP contribution in [0.1, 0.15) is 33.1 Å². The number of aliphatic hydroxyl groups excluding tert-OH is 1. The molecule has 0 heterocycles. The fourth-order valence-corrected chi connectivity index (χ4v) is 1.17. The highest BCUT2D eigenvalue weighted by Gasteiger charge is 2.12. The molecular formula is C10H22N2O2. The Balaban J connectivity index is 3.61. The molecule has 14 heavy (non-hydrogen) atoms. The van der Waals surface area contributed by atoms with Crippen LogP contribution in [0.25, 0.3) is 0 Å². The zero-order valence-electron chi connectivity index (χ0n) is 9.12.